The van der Waals surface area contributed by atoms with E-state index in [-0.39, 0.29) is 0 Å². The highest BCUT2D eigenvalue weighted by molar-refractivity contribution is 5.44. The Morgan fingerprint density at radius 2 is 1.53 bits per heavy atom. The molecule has 0 N–H and O–H groups in total. The minimum Gasteiger partial charge on any atom is -0.454 e. The summed E-state index contributed by atoms with van der Waals surface area (Å²) in [4.78, 5) is 14.2. The molecule has 1 aromatic carbocycles. The standard InChI is InChI=1S/C23H27N5O2/c1-17-12-18(2)25-23(24-17)28-7-3-4-20(28)15-27-10-8-26(9-11-27)14-19-5-6-21-22(13-19)30-16-29-21/h3-7,12-13H,8-11,14-16H2,1-2H3. The van der Waals surface area contributed by atoms with Crippen LogP contribution in [0.25, 0.3) is 5.95 Å². The van der Waals surface area contributed by atoms with Crippen LogP contribution in [0.2, 0.25) is 0 Å². The Morgan fingerprint density at radius 1 is 0.833 bits per heavy atom. The van der Waals surface area contributed by atoms with Crippen LogP contribution in [-0.4, -0.2) is 57.3 Å². The molecular weight excluding hydrogens is 378 g/mol. The topological polar surface area (TPSA) is 55.7 Å². The SMILES string of the molecule is Cc1cc(C)nc(-n2cccc2CN2CCN(Cc3ccc4c(c3)OCO4)CC2)n1. The quantitative estimate of drug-likeness (QED) is 0.651. The van der Waals surface area contributed by atoms with Gasteiger partial charge in [-0.3, -0.25) is 14.4 Å². The van der Waals surface area contributed by atoms with Crippen LogP contribution in [0.1, 0.15) is 22.6 Å². The summed E-state index contributed by atoms with van der Waals surface area (Å²) >= 11 is 0. The number of fused-ring (bicyclic) bond motifs is 1. The maximum atomic E-state index is 5.50. The van der Waals surface area contributed by atoms with Crippen molar-refractivity contribution in [3.63, 3.8) is 0 Å². The lowest BCUT2D eigenvalue weighted by Gasteiger charge is -2.34. The first-order valence-corrected chi connectivity index (χ1v) is 10.5. The molecule has 2 aliphatic heterocycles. The number of rotatable bonds is 5. The van der Waals surface area contributed by atoms with Crippen molar-refractivity contribution in [1.82, 2.24) is 24.3 Å². The molecule has 156 valence electrons. The molecular formula is C23H27N5O2. The highest BCUT2D eigenvalue weighted by Crippen LogP contribution is 2.32. The lowest BCUT2D eigenvalue weighted by molar-refractivity contribution is 0.120. The molecule has 0 radical (unpaired) electrons. The fourth-order valence-corrected chi connectivity index (χ4v) is 4.19. The molecule has 0 spiro atoms. The van der Waals surface area contributed by atoms with Gasteiger partial charge < -0.3 is 9.47 Å². The monoisotopic (exact) mass is 405 g/mol. The third-order valence-electron chi connectivity index (χ3n) is 5.71. The van der Waals surface area contributed by atoms with Gasteiger partial charge >= 0.3 is 0 Å². The third-order valence-corrected chi connectivity index (χ3v) is 5.71. The van der Waals surface area contributed by atoms with Gasteiger partial charge in [0.15, 0.2) is 11.5 Å². The number of ether oxygens (including phenoxy) is 2. The van der Waals surface area contributed by atoms with Crippen molar-refractivity contribution < 1.29 is 9.47 Å². The lowest BCUT2D eigenvalue weighted by atomic mass is 10.1. The molecule has 0 bridgehead atoms. The van der Waals surface area contributed by atoms with Crippen molar-refractivity contribution >= 4 is 0 Å². The van der Waals surface area contributed by atoms with Gasteiger partial charge in [0.1, 0.15) is 0 Å². The number of aromatic nitrogens is 3. The van der Waals surface area contributed by atoms with Gasteiger partial charge in [0, 0.05) is 62.5 Å². The predicted octanol–water partition coefficient (Wildman–Crippen LogP) is 2.93. The molecule has 0 unspecified atom stereocenters. The second-order valence-electron chi connectivity index (χ2n) is 8.06. The molecule has 4 heterocycles. The number of nitrogens with zero attached hydrogens (tertiary/aromatic N) is 5. The van der Waals surface area contributed by atoms with Crippen LogP contribution in [0.5, 0.6) is 11.5 Å². The Hall–Kier alpha value is -2.90. The molecule has 0 saturated carbocycles. The molecule has 30 heavy (non-hydrogen) atoms. The molecule has 1 saturated heterocycles. The van der Waals surface area contributed by atoms with E-state index in [1.807, 2.05) is 26.0 Å². The molecule has 0 amide bonds. The minimum absolute atomic E-state index is 0.326. The molecule has 2 aliphatic rings. The van der Waals surface area contributed by atoms with Gasteiger partial charge in [0.2, 0.25) is 12.7 Å². The summed E-state index contributed by atoms with van der Waals surface area (Å²) in [6.07, 6.45) is 2.05. The van der Waals surface area contributed by atoms with Crippen LogP contribution in [-0.2, 0) is 13.1 Å². The van der Waals surface area contributed by atoms with E-state index < -0.39 is 0 Å². The number of hydrogen-bond donors (Lipinski definition) is 0. The normalized spacial score (nSPS) is 16.9. The Morgan fingerprint density at radius 3 is 2.30 bits per heavy atom. The Kier molecular flexibility index (Phi) is 5.14. The van der Waals surface area contributed by atoms with E-state index >= 15 is 0 Å². The van der Waals surface area contributed by atoms with Crippen molar-refractivity contribution in [3.8, 4) is 17.4 Å². The van der Waals surface area contributed by atoms with Crippen LogP contribution in [0, 0.1) is 13.8 Å². The summed E-state index contributed by atoms with van der Waals surface area (Å²) in [7, 11) is 0. The average Bonchev–Trinajstić information content (AvgIpc) is 3.37. The van der Waals surface area contributed by atoms with E-state index in [9.17, 15) is 0 Å². The van der Waals surface area contributed by atoms with Gasteiger partial charge in [-0.15, -0.1) is 0 Å². The van der Waals surface area contributed by atoms with Crippen LogP contribution < -0.4 is 9.47 Å². The van der Waals surface area contributed by atoms with E-state index in [2.05, 4.69) is 54.8 Å². The summed E-state index contributed by atoms with van der Waals surface area (Å²) in [5, 5.41) is 0. The Balaban J connectivity index is 1.20. The smallest absolute Gasteiger partial charge is 0.234 e. The largest absolute Gasteiger partial charge is 0.454 e. The number of piperazine rings is 1. The molecule has 0 atom stereocenters. The van der Waals surface area contributed by atoms with Crippen LogP contribution in [0.4, 0.5) is 0 Å². The van der Waals surface area contributed by atoms with Gasteiger partial charge in [-0.25, -0.2) is 9.97 Å². The second kappa shape index (κ2) is 8.08. The zero-order valence-electron chi connectivity index (χ0n) is 17.5. The van der Waals surface area contributed by atoms with E-state index in [1.165, 1.54) is 11.3 Å². The van der Waals surface area contributed by atoms with Crippen molar-refractivity contribution in [3.05, 3.63) is 65.2 Å². The minimum atomic E-state index is 0.326. The summed E-state index contributed by atoms with van der Waals surface area (Å²) in [6.45, 7) is 10.4. The van der Waals surface area contributed by atoms with Crippen LogP contribution in [0.3, 0.4) is 0 Å². The number of hydrogen-bond acceptors (Lipinski definition) is 6. The first-order chi connectivity index (χ1) is 14.6. The molecule has 2 aromatic heterocycles. The summed E-state index contributed by atoms with van der Waals surface area (Å²) in [5.74, 6) is 2.47. The highest BCUT2D eigenvalue weighted by atomic mass is 16.7. The molecule has 1 fully saturated rings. The van der Waals surface area contributed by atoms with Crippen molar-refractivity contribution in [2.75, 3.05) is 33.0 Å². The maximum absolute atomic E-state index is 5.50. The van der Waals surface area contributed by atoms with Gasteiger partial charge in [-0.2, -0.15) is 0 Å². The fraction of sp³-hybridized carbons (Fsp3) is 0.391. The zero-order chi connectivity index (χ0) is 20.5. The highest BCUT2D eigenvalue weighted by Gasteiger charge is 2.20. The first kappa shape index (κ1) is 19.1. The Labute approximate surface area is 176 Å². The van der Waals surface area contributed by atoms with Crippen LogP contribution in [0.15, 0.2) is 42.6 Å². The van der Waals surface area contributed by atoms with Crippen molar-refractivity contribution in [2.45, 2.75) is 26.9 Å². The van der Waals surface area contributed by atoms with Gasteiger partial charge in [-0.1, -0.05) is 6.07 Å². The maximum Gasteiger partial charge on any atom is 0.234 e. The van der Waals surface area contributed by atoms with E-state index in [0.29, 0.717) is 6.79 Å². The van der Waals surface area contributed by atoms with Gasteiger partial charge in [0.25, 0.3) is 0 Å². The van der Waals surface area contributed by atoms with E-state index in [1.54, 1.807) is 0 Å². The lowest BCUT2D eigenvalue weighted by Crippen LogP contribution is -2.45. The molecule has 3 aromatic rings. The average molecular weight is 406 g/mol. The van der Waals surface area contributed by atoms with Crippen LogP contribution >= 0.6 is 0 Å². The van der Waals surface area contributed by atoms with E-state index in [4.69, 9.17) is 9.47 Å². The fourth-order valence-electron chi connectivity index (χ4n) is 4.19. The number of benzene rings is 1. The first-order valence-electron chi connectivity index (χ1n) is 10.5. The summed E-state index contributed by atoms with van der Waals surface area (Å²) < 4.78 is 13.0. The Bertz CT molecular complexity index is 1020. The molecule has 7 nitrogen and oxygen atoms in total. The molecule has 0 aliphatic carbocycles. The molecule has 7 heteroatoms. The predicted molar refractivity (Wildman–Crippen MR) is 114 cm³/mol. The zero-order valence-corrected chi connectivity index (χ0v) is 17.5. The summed E-state index contributed by atoms with van der Waals surface area (Å²) in [6, 6.07) is 12.5. The number of aryl methyl sites for hydroxylation is 2. The molecule has 5 rings (SSSR count). The van der Waals surface area contributed by atoms with E-state index in [0.717, 1.165) is 68.1 Å². The van der Waals surface area contributed by atoms with Crippen molar-refractivity contribution in [2.24, 2.45) is 0 Å². The van der Waals surface area contributed by atoms with Gasteiger partial charge in [0.05, 0.1) is 0 Å². The third kappa shape index (κ3) is 4.04. The van der Waals surface area contributed by atoms with Crippen molar-refractivity contribution in [1.29, 1.82) is 0 Å². The summed E-state index contributed by atoms with van der Waals surface area (Å²) in [5.41, 5.74) is 4.49. The van der Waals surface area contributed by atoms with Gasteiger partial charge in [-0.05, 0) is 49.7 Å². The second-order valence-corrected chi connectivity index (χ2v) is 8.06.